The fourth-order valence-electron chi connectivity index (χ4n) is 2.99. The molecule has 6 nitrogen and oxygen atoms in total. The summed E-state index contributed by atoms with van der Waals surface area (Å²) in [7, 11) is 1.31. The van der Waals surface area contributed by atoms with E-state index < -0.39 is 5.97 Å². The van der Waals surface area contributed by atoms with Crippen molar-refractivity contribution in [2.45, 2.75) is 38.8 Å². The minimum atomic E-state index is -0.540. The van der Waals surface area contributed by atoms with Crippen molar-refractivity contribution >= 4 is 11.9 Å². The summed E-state index contributed by atoms with van der Waals surface area (Å²) in [6.07, 6.45) is 6.08. The highest BCUT2D eigenvalue weighted by atomic mass is 16.5. The van der Waals surface area contributed by atoms with Crippen LogP contribution in [0.4, 0.5) is 0 Å². The first-order valence-electron chi connectivity index (χ1n) is 8.48. The van der Waals surface area contributed by atoms with Gasteiger partial charge in [0.2, 0.25) is 11.7 Å². The Labute approximate surface area is 146 Å². The standard InChI is InChI=1S/C19H22N2O4/c1-13(16-8-3-4-10-20-16)21(18(22)14-6-5-7-14)12-15-9-11-25-17(15)19(23)24-2/h3-4,8-11,13-14H,5-7,12H2,1-2H3/t13-/m1/s1. The van der Waals surface area contributed by atoms with Gasteiger partial charge in [-0.2, -0.15) is 0 Å². The van der Waals surface area contributed by atoms with Gasteiger partial charge in [-0.25, -0.2) is 4.79 Å². The van der Waals surface area contributed by atoms with E-state index in [1.807, 2.05) is 25.1 Å². The van der Waals surface area contributed by atoms with Crippen LogP contribution in [0.2, 0.25) is 0 Å². The number of hydrogen-bond acceptors (Lipinski definition) is 5. The Morgan fingerprint density at radius 2 is 2.16 bits per heavy atom. The van der Waals surface area contributed by atoms with Crippen LogP contribution >= 0.6 is 0 Å². The normalized spacial score (nSPS) is 15.3. The lowest BCUT2D eigenvalue weighted by Crippen LogP contribution is -2.40. The van der Waals surface area contributed by atoms with Gasteiger partial charge < -0.3 is 14.1 Å². The first-order chi connectivity index (χ1) is 12.1. The van der Waals surface area contributed by atoms with E-state index in [1.54, 1.807) is 17.2 Å². The minimum Gasteiger partial charge on any atom is -0.463 e. The zero-order valence-corrected chi connectivity index (χ0v) is 14.5. The summed E-state index contributed by atoms with van der Waals surface area (Å²) < 4.78 is 10.0. The number of nitrogens with zero attached hydrogens (tertiary/aromatic N) is 2. The molecule has 6 heteroatoms. The average Bonchev–Trinajstić information content (AvgIpc) is 3.05. The molecule has 0 saturated heterocycles. The van der Waals surface area contributed by atoms with E-state index in [2.05, 4.69) is 4.98 Å². The van der Waals surface area contributed by atoms with Gasteiger partial charge >= 0.3 is 5.97 Å². The second-order valence-corrected chi connectivity index (χ2v) is 6.29. The van der Waals surface area contributed by atoms with Crippen LogP contribution in [0.3, 0.4) is 0 Å². The van der Waals surface area contributed by atoms with Crippen molar-refractivity contribution in [2.75, 3.05) is 7.11 Å². The van der Waals surface area contributed by atoms with Crippen molar-refractivity contribution in [2.24, 2.45) is 5.92 Å². The topological polar surface area (TPSA) is 72.6 Å². The molecule has 1 aliphatic carbocycles. The Bertz CT molecular complexity index is 737. The second-order valence-electron chi connectivity index (χ2n) is 6.29. The molecule has 25 heavy (non-hydrogen) atoms. The molecule has 2 aromatic heterocycles. The van der Waals surface area contributed by atoms with E-state index in [-0.39, 0.29) is 30.2 Å². The van der Waals surface area contributed by atoms with E-state index in [9.17, 15) is 9.59 Å². The molecule has 0 aliphatic heterocycles. The molecule has 132 valence electrons. The molecule has 0 N–H and O–H groups in total. The number of pyridine rings is 1. The molecule has 3 rings (SSSR count). The van der Waals surface area contributed by atoms with Gasteiger partial charge in [0.05, 0.1) is 31.7 Å². The van der Waals surface area contributed by atoms with Crippen molar-refractivity contribution < 1.29 is 18.7 Å². The molecule has 2 aromatic rings. The number of carbonyl (C=O) groups excluding carboxylic acids is 2. The third-order valence-electron chi connectivity index (χ3n) is 4.78. The summed E-state index contributed by atoms with van der Waals surface area (Å²) in [6, 6.07) is 7.16. The Kier molecular flexibility index (Phi) is 5.16. The van der Waals surface area contributed by atoms with Crippen LogP contribution in [0.15, 0.2) is 41.1 Å². The molecule has 0 spiro atoms. The summed E-state index contributed by atoms with van der Waals surface area (Å²) >= 11 is 0. The molecule has 1 saturated carbocycles. The molecule has 2 heterocycles. The second kappa shape index (κ2) is 7.51. The molecule has 0 aromatic carbocycles. The van der Waals surface area contributed by atoms with Gasteiger partial charge in [0, 0.05) is 17.7 Å². The number of methoxy groups -OCH3 is 1. The van der Waals surface area contributed by atoms with Gasteiger partial charge in [-0.15, -0.1) is 0 Å². The van der Waals surface area contributed by atoms with Crippen molar-refractivity contribution in [3.05, 3.63) is 53.7 Å². The minimum absolute atomic E-state index is 0.0552. The Balaban J connectivity index is 1.88. The van der Waals surface area contributed by atoms with Gasteiger partial charge in [0.25, 0.3) is 0 Å². The van der Waals surface area contributed by atoms with E-state index in [0.29, 0.717) is 5.56 Å². The summed E-state index contributed by atoms with van der Waals surface area (Å²) in [5.74, 6) is -0.246. The zero-order chi connectivity index (χ0) is 17.8. The lowest BCUT2D eigenvalue weighted by atomic mass is 9.84. The zero-order valence-electron chi connectivity index (χ0n) is 14.5. The predicted octanol–water partition coefficient (Wildman–Crippen LogP) is 3.35. The number of ether oxygens (including phenoxy) is 1. The third kappa shape index (κ3) is 3.57. The van der Waals surface area contributed by atoms with Crippen LogP contribution in [0.1, 0.15) is 54.0 Å². The number of furan rings is 1. The summed E-state index contributed by atoms with van der Waals surface area (Å²) in [4.78, 5) is 31.0. The van der Waals surface area contributed by atoms with Crippen LogP contribution in [0, 0.1) is 5.92 Å². The van der Waals surface area contributed by atoms with Crippen LogP contribution in [-0.4, -0.2) is 28.9 Å². The number of rotatable bonds is 6. The maximum atomic E-state index is 13.0. The van der Waals surface area contributed by atoms with Gasteiger partial charge in [-0.05, 0) is 38.0 Å². The van der Waals surface area contributed by atoms with Gasteiger partial charge in [0.1, 0.15) is 0 Å². The molecule has 1 aliphatic rings. The van der Waals surface area contributed by atoms with Crippen molar-refractivity contribution in [1.29, 1.82) is 0 Å². The highest BCUT2D eigenvalue weighted by Gasteiger charge is 2.33. The maximum absolute atomic E-state index is 13.0. The van der Waals surface area contributed by atoms with E-state index in [1.165, 1.54) is 13.4 Å². The first kappa shape index (κ1) is 17.2. The fourth-order valence-corrected chi connectivity index (χ4v) is 2.99. The lowest BCUT2D eigenvalue weighted by molar-refractivity contribution is -0.141. The highest BCUT2D eigenvalue weighted by molar-refractivity contribution is 5.88. The van der Waals surface area contributed by atoms with Gasteiger partial charge in [0.15, 0.2) is 0 Å². The molecule has 0 radical (unpaired) electrons. The monoisotopic (exact) mass is 342 g/mol. The Morgan fingerprint density at radius 1 is 1.36 bits per heavy atom. The number of carbonyl (C=O) groups is 2. The molecular weight excluding hydrogens is 320 g/mol. The van der Waals surface area contributed by atoms with Gasteiger partial charge in [-0.3, -0.25) is 9.78 Å². The lowest BCUT2D eigenvalue weighted by Gasteiger charge is -2.35. The van der Waals surface area contributed by atoms with Crippen molar-refractivity contribution in [3.63, 3.8) is 0 Å². The third-order valence-corrected chi connectivity index (χ3v) is 4.78. The first-order valence-corrected chi connectivity index (χ1v) is 8.48. The quantitative estimate of drug-likeness (QED) is 0.753. The van der Waals surface area contributed by atoms with Crippen molar-refractivity contribution in [3.8, 4) is 0 Å². The van der Waals surface area contributed by atoms with E-state index in [4.69, 9.17) is 9.15 Å². The van der Waals surface area contributed by atoms with E-state index >= 15 is 0 Å². The average molecular weight is 342 g/mol. The number of esters is 1. The molecule has 0 bridgehead atoms. The molecular formula is C19H22N2O4. The number of hydrogen-bond donors (Lipinski definition) is 0. The molecule has 1 fully saturated rings. The summed E-state index contributed by atoms with van der Waals surface area (Å²) in [5.41, 5.74) is 1.46. The Hall–Kier alpha value is -2.63. The number of aromatic nitrogens is 1. The number of amides is 1. The molecule has 1 atom stereocenters. The van der Waals surface area contributed by atoms with E-state index in [0.717, 1.165) is 25.0 Å². The fraction of sp³-hybridized carbons (Fsp3) is 0.421. The van der Waals surface area contributed by atoms with Crippen LogP contribution in [-0.2, 0) is 16.1 Å². The summed E-state index contributed by atoms with van der Waals surface area (Å²) in [6.45, 7) is 2.24. The van der Waals surface area contributed by atoms with Crippen LogP contribution in [0.25, 0.3) is 0 Å². The summed E-state index contributed by atoms with van der Waals surface area (Å²) in [5, 5.41) is 0. The van der Waals surface area contributed by atoms with Crippen molar-refractivity contribution in [1.82, 2.24) is 9.88 Å². The molecule has 0 unspecified atom stereocenters. The highest BCUT2D eigenvalue weighted by Crippen LogP contribution is 2.32. The predicted molar refractivity (Wildman–Crippen MR) is 90.6 cm³/mol. The van der Waals surface area contributed by atoms with Gasteiger partial charge in [-0.1, -0.05) is 12.5 Å². The molecule has 1 amide bonds. The Morgan fingerprint density at radius 3 is 2.76 bits per heavy atom. The largest absolute Gasteiger partial charge is 0.463 e. The van der Waals surface area contributed by atoms with Crippen LogP contribution < -0.4 is 0 Å². The SMILES string of the molecule is COC(=O)c1occc1CN(C(=O)C1CCC1)[C@H](C)c1ccccn1. The van der Waals surface area contributed by atoms with Crippen LogP contribution in [0.5, 0.6) is 0 Å². The maximum Gasteiger partial charge on any atom is 0.374 e. The smallest absolute Gasteiger partial charge is 0.374 e.